The van der Waals surface area contributed by atoms with Crippen LogP contribution in [0.5, 0.6) is 0 Å². The van der Waals surface area contributed by atoms with E-state index < -0.39 is 0 Å². The van der Waals surface area contributed by atoms with Crippen molar-refractivity contribution in [1.82, 2.24) is 9.80 Å². The number of rotatable bonds is 4. The van der Waals surface area contributed by atoms with Crippen LogP contribution in [0.15, 0.2) is 24.3 Å². The molecular formula is C15H24N4. The fourth-order valence-electron chi connectivity index (χ4n) is 2.75. The lowest BCUT2D eigenvalue weighted by atomic mass is 9.97. The summed E-state index contributed by atoms with van der Waals surface area (Å²) in [6.07, 6.45) is 1.14. The second kappa shape index (κ2) is 5.61. The maximum Gasteiger partial charge on any atom is 0.189 e. The van der Waals surface area contributed by atoms with Crippen molar-refractivity contribution in [3.05, 3.63) is 35.4 Å². The lowest BCUT2D eigenvalue weighted by Gasteiger charge is -2.30. The molecule has 104 valence electrons. The van der Waals surface area contributed by atoms with E-state index in [0.717, 1.165) is 13.0 Å². The fraction of sp³-hybridized carbons (Fsp3) is 0.533. The van der Waals surface area contributed by atoms with Gasteiger partial charge in [0.05, 0.1) is 6.67 Å². The lowest BCUT2D eigenvalue weighted by molar-refractivity contribution is 0.140. The summed E-state index contributed by atoms with van der Waals surface area (Å²) in [7, 11) is 1.87. The van der Waals surface area contributed by atoms with Crippen LogP contribution < -0.4 is 5.73 Å². The molecule has 4 heteroatoms. The predicted octanol–water partition coefficient (Wildman–Crippen LogP) is 2.37. The van der Waals surface area contributed by atoms with Crippen LogP contribution in [0.4, 0.5) is 0 Å². The summed E-state index contributed by atoms with van der Waals surface area (Å²) in [4.78, 5) is 4.20. The second-order valence-electron chi connectivity index (χ2n) is 5.82. The number of fused-ring (bicyclic) bond motifs is 1. The standard InChI is InChI=1S/C15H24N4/c1-11(2)8-14-13-7-5-4-6-12(13)9-19(14)10-18(3)15(16)17/h4-7,11,14H,8-10H2,1-3H3,(H3,16,17). The summed E-state index contributed by atoms with van der Waals surface area (Å²) in [5.41, 5.74) is 8.39. The molecule has 0 fully saturated rings. The molecule has 1 heterocycles. The Morgan fingerprint density at radius 2 is 2.16 bits per heavy atom. The van der Waals surface area contributed by atoms with Crippen LogP contribution in [-0.2, 0) is 6.54 Å². The van der Waals surface area contributed by atoms with Crippen molar-refractivity contribution in [3.63, 3.8) is 0 Å². The third-order valence-electron chi connectivity index (χ3n) is 3.73. The first-order valence-corrected chi connectivity index (χ1v) is 6.86. The molecule has 19 heavy (non-hydrogen) atoms. The number of nitrogens with two attached hydrogens (primary N) is 1. The Labute approximate surface area is 115 Å². The highest BCUT2D eigenvalue weighted by Gasteiger charge is 2.30. The van der Waals surface area contributed by atoms with Crippen LogP contribution in [-0.4, -0.2) is 29.5 Å². The van der Waals surface area contributed by atoms with Crippen molar-refractivity contribution in [2.24, 2.45) is 11.7 Å². The van der Waals surface area contributed by atoms with Gasteiger partial charge in [0.2, 0.25) is 0 Å². The number of hydrogen-bond acceptors (Lipinski definition) is 2. The Morgan fingerprint density at radius 3 is 2.79 bits per heavy atom. The molecule has 1 aromatic rings. The van der Waals surface area contributed by atoms with Crippen molar-refractivity contribution in [2.45, 2.75) is 32.9 Å². The van der Waals surface area contributed by atoms with E-state index in [1.165, 1.54) is 11.1 Å². The van der Waals surface area contributed by atoms with Gasteiger partial charge in [-0.25, -0.2) is 0 Å². The first kappa shape index (κ1) is 13.9. The zero-order valence-corrected chi connectivity index (χ0v) is 12.1. The molecule has 0 amide bonds. The minimum atomic E-state index is 0.124. The molecular weight excluding hydrogens is 236 g/mol. The van der Waals surface area contributed by atoms with E-state index in [1.807, 2.05) is 7.05 Å². The number of hydrogen-bond donors (Lipinski definition) is 2. The molecule has 0 saturated heterocycles. The summed E-state index contributed by atoms with van der Waals surface area (Å²) < 4.78 is 0. The Bertz CT molecular complexity index is 455. The number of guanidine groups is 1. The highest BCUT2D eigenvalue weighted by Crippen LogP contribution is 2.37. The number of nitrogens with zero attached hydrogens (tertiary/aromatic N) is 2. The minimum Gasteiger partial charge on any atom is -0.370 e. The first-order chi connectivity index (χ1) is 8.99. The lowest BCUT2D eigenvalue weighted by Crippen LogP contribution is -2.41. The van der Waals surface area contributed by atoms with Gasteiger partial charge in [-0.05, 0) is 23.5 Å². The molecule has 0 radical (unpaired) electrons. The maximum atomic E-state index is 7.51. The van der Waals surface area contributed by atoms with Crippen molar-refractivity contribution >= 4 is 5.96 Å². The highest BCUT2D eigenvalue weighted by atomic mass is 15.4. The van der Waals surface area contributed by atoms with E-state index in [-0.39, 0.29) is 5.96 Å². The number of benzene rings is 1. The van der Waals surface area contributed by atoms with Crippen molar-refractivity contribution < 1.29 is 0 Å². The summed E-state index contributed by atoms with van der Waals surface area (Å²) in [5, 5.41) is 7.51. The summed E-state index contributed by atoms with van der Waals surface area (Å²) in [5.74, 6) is 0.778. The van der Waals surface area contributed by atoms with Gasteiger partial charge in [-0.1, -0.05) is 38.1 Å². The molecule has 1 unspecified atom stereocenters. The molecule has 0 aromatic heterocycles. The average Bonchev–Trinajstić information content (AvgIpc) is 2.67. The first-order valence-electron chi connectivity index (χ1n) is 6.86. The summed E-state index contributed by atoms with van der Waals surface area (Å²) in [6.45, 7) is 6.17. The quantitative estimate of drug-likeness (QED) is 0.645. The topological polar surface area (TPSA) is 56.4 Å². The van der Waals surface area contributed by atoms with Gasteiger partial charge < -0.3 is 10.6 Å². The molecule has 1 aromatic carbocycles. The molecule has 0 spiro atoms. The Balaban J connectivity index is 2.18. The van der Waals surface area contributed by atoms with Gasteiger partial charge in [-0.15, -0.1) is 0 Å². The van der Waals surface area contributed by atoms with E-state index in [1.54, 1.807) is 4.90 Å². The third-order valence-corrected chi connectivity index (χ3v) is 3.73. The van der Waals surface area contributed by atoms with Crippen LogP contribution in [0.25, 0.3) is 0 Å². The summed E-state index contributed by atoms with van der Waals surface area (Å²) in [6, 6.07) is 9.10. The zero-order chi connectivity index (χ0) is 14.0. The van der Waals surface area contributed by atoms with E-state index in [2.05, 4.69) is 43.0 Å². The van der Waals surface area contributed by atoms with Crippen LogP contribution in [0, 0.1) is 11.3 Å². The fourth-order valence-corrected chi connectivity index (χ4v) is 2.75. The predicted molar refractivity (Wildman–Crippen MR) is 78.7 cm³/mol. The summed E-state index contributed by atoms with van der Waals surface area (Å²) >= 11 is 0. The van der Waals surface area contributed by atoms with Crippen molar-refractivity contribution in [2.75, 3.05) is 13.7 Å². The van der Waals surface area contributed by atoms with Crippen LogP contribution >= 0.6 is 0 Å². The van der Waals surface area contributed by atoms with Gasteiger partial charge in [-0.3, -0.25) is 10.3 Å². The maximum absolute atomic E-state index is 7.51. The zero-order valence-electron chi connectivity index (χ0n) is 12.1. The Hall–Kier alpha value is -1.55. The van der Waals surface area contributed by atoms with E-state index in [0.29, 0.717) is 18.6 Å². The third kappa shape index (κ3) is 3.07. The average molecular weight is 260 g/mol. The van der Waals surface area contributed by atoms with Gasteiger partial charge >= 0.3 is 0 Å². The Morgan fingerprint density at radius 1 is 1.47 bits per heavy atom. The van der Waals surface area contributed by atoms with Gasteiger partial charge in [0.15, 0.2) is 5.96 Å². The van der Waals surface area contributed by atoms with Gasteiger partial charge in [-0.2, -0.15) is 0 Å². The molecule has 1 aliphatic heterocycles. The molecule has 3 N–H and O–H groups in total. The van der Waals surface area contributed by atoms with Crippen LogP contribution in [0.2, 0.25) is 0 Å². The smallest absolute Gasteiger partial charge is 0.189 e. The van der Waals surface area contributed by atoms with E-state index in [4.69, 9.17) is 11.1 Å². The molecule has 1 aliphatic rings. The van der Waals surface area contributed by atoms with Gasteiger partial charge in [0.1, 0.15) is 0 Å². The molecule has 4 nitrogen and oxygen atoms in total. The van der Waals surface area contributed by atoms with Crippen LogP contribution in [0.3, 0.4) is 0 Å². The van der Waals surface area contributed by atoms with E-state index in [9.17, 15) is 0 Å². The van der Waals surface area contributed by atoms with Crippen molar-refractivity contribution in [3.8, 4) is 0 Å². The van der Waals surface area contributed by atoms with Gasteiger partial charge in [0, 0.05) is 19.6 Å². The molecule has 0 saturated carbocycles. The number of nitrogens with one attached hydrogen (secondary N) is 1. The highest BCUT2D eigenvalue weighted by molar-refractivity contribution is 5.74. The van der Waals surface area contributed by atoms with Gasteiger partial charge in [0.25, 0.3) is 0 Å². The van der Waals surface area contributed by atoms with Crippen LogP contribution in [0.1, 0.15) is 37.4 Å². The molecule has 0 aliphatic carbocycles. The molecule has 1 atom stereocenters. The SMILES string of the molecule is CC(C)CC1c2ccccc2CN1CN(C)C(=N)N. The van der Waals surface area contributed by atoms with Crippen molar-refractivity contribution in [1.29, 1.82) is 5.41 Å². The Kier molecular flexibility index (Phi) is 4.10. The largest absolute Gasteiger partial charge is 0.370 e. The minimum absolute atomic E-state index is 0.124. The molecule has 0 bridgehead atoms. The second-order valence-corrected chi connectivity index (χ2v) is 5.82. The molecule has 2 rings (SSSR count). The monoisotopic (exact) mass is 260 g/mol. The normalized spacial score (nSPS) is 18.6. The van der Waals surface area contributed by atoms with E-state index >= 15 is 0 Å².